The molecule has 2 aliphatic rings. The zero-order valence-electron chi connectivity index (χ0n) is 29.6. The van der Waals surface area contributed by atoms with Gasteiger partial charge in [0.15, 0.2) is 23.5 Å². The molecule has 1 fully saturated rings. The lowest BCUT2D eigenvalue weighted by Crippen LogP contribution is -2.49. The Bertz CT molecular complexity index is 1960. The summed E-state index contributed by atoms with van der Waals surface area (Å²) in [5, 5.41) is 17.5. The fourth-order valence-electron chi connectivity index (χ4n) is 6.91. The standard InChI is InChI=1S/C38H45N7O5/c1-23(2)44-18-10-13-31(44)35-43-42-33-15-14-26(21-45(33)35)50-32-16-17-38(22-46,28-12-9-8-11-27(28)32)41-36(48)40-30-20-25(37(4,5)6)19-29(34(30)49-7)39-24(3)47/h8-9,11-12,14-17,19-23,31-32H,10,13,18H2,1-7H3,(H,39,47)(H2,40,41,48)/t31-,32+,38+/m0/s1. The summed E-state index contributed by atoms with van der Waals surface area (Å²) >= 11 is 0. The molecule has 3 amide bonds. The zero-order chi connectivity index (χ0) is 35.8. The van der Waals surface area contributed by atoms with Gasteiger partial charge in [-0.1, -0.05) is 45.0 Å². The highest BCUT2D eigenvalue weighted by Gasteiger charge is 2.39. The van der Waals surface area contributed by atoms with Crippen LogP contribution in [0, 0.1) is 0 Å². The van der Waals surface area contributed by atoms with Crippen LogP contribution in [-0.2, 0) is 20.5 Å². The van der Waals surface area contributed by atoms with Crippen molar-refractivity contribution in [3.8, 4) is 11.5 Å². The summed E-state index contributed by atoms with van der Waals surface area (Å²) in [7, 11) is 1.46. The Morgan fingerprint density at radius 3 is 2.48 bits per heavy atom. The van der Waals surface area contributed by atoms with Gasteiger partial charge in [0.2, 0.25) is 5.91 Å². The molecule has 0 spiro atoms. The second-order valence-electron chi connectivity index (χ2n) is 14.2. The van der Waals surface area contributed by atoms with E-state index in [9.17, 15) is 14.4 Å². The van der Waals surface area contributed by atoms with Crippen molar-refractivity contribution in [3.63, 3.8) is 0 Å². The molecule has 12 nitrogen and oxygen atoms in total. The summed E-state index contributed by atoms with van der Waals surface area (Å²) in [4.78, 5) is 41.0. The van der Waals surface area contributed by atoms with Gasteiger partial charge in [-0.25, -0.2) is 4.79 Å². The Balaban J connectivity index is 1.28. The van der Waals surface area contributed by atoms with E-state index in [2.05, 4.69) is 44.9 Å². The lowest BCUT2D eigenvalue weighted by atomic mass is 9.81. The topological polar surface area (TPSA) is 139 Å². The highest BCUT2D eigenvalue weighted by molar-refractivity contribution is 5.98. The number of methoxy groups -OCH3 is 1. The van der Waals surface area contributed by atoms with Crippen LogP contribution in [0.4, 0.5) is 16.2 Å². The van der Waals surface area contributed by atoms with Crippen LogP contribution in [0.25, 0.3) is 5.65 Å². The molecule has 1 aliphatic heterocycles. The fraction of sp³-hybridized carbons (Fsp3) is 0.395. The smallest absolute Gasteiger partial charge is 0.320 e. The van der Waals surface area contributed by atoms with Gasteiger partial charge < -0.3 is 25.4 Å². The fourth-order valence-corrected chi connectivity index (χ4v) is 6.91. The molecule has 4 aromatic rings. The van der Waals surface area contributed by atoms with E-state index in [0.717, 1.165) is 42.0 Å². The maximum atomic E-state index is 13.7. The third kappa shape index (κ3) is 6.67. The highest BCUT2D eigenvalue weighted by Crippen LogP contribution is 2.40. The molecule has 1 aliphatic carbocycles. The van der Waals surface area contributed by atoms with Gasteiger partial charge in [-0.15, -0.1) is 10.2 Å². The quantitative estimate of drug-likeness (QED) is 0.136. The van der Waals surface area contributed by atoms with E-state index in [1.54, 1.807) is 24.3 Å². The SMILES string of the molecule is COc1c(NC(C)=O)cc(C(C)(C)C)cc1NC(=O)N[C@@]1(C=O)C=C[C@@H](Oc2ccc3nnc([C@@H]4CCCN4C(C)C)n3c2)c2ccccc21. The number of pyridine rings is 1. The van der Waals surface area contributed by atoms with E-state index < -0.39 is 17.7 Å². The van der Waals surface area contributed by atoms with Crippen LogP contribution in [0.5, 0.6) is 11.5 Å². The molecule has 0 radical (unpaired) electrons. The van der Waals surface area contributed by atoms with Gasteiger partial charge in [-0.2, -0.15) is 0 Å². The molecule has 6 rings (SSSR count). The van der Waals surface area contributed by atoms with E-state index in [4.69, 9.17) is 9.47 Å². The number of benzene rings is 2. The van der Waals surface area contributed by atoms with E-state index in [-0.39, 0.29) is 23.1 Å². The van der Waals surface area contributed by atoms with E-state index in [1.165, 1.54) is 14.0 Å². The third-order valence-corrected chi connectivity index (χ3v) is 9.39. The van der Waals surface area contributed by atoms with Crippen molar-refractivity contribution in [3.05, 3.63) is 89.4 Å². The highest BCUT2D eigenvalue weighted by atomic mass is 16.5. The number of carbonyl (C=O) groups is 3. The Morgan fingerprint density at radius 2 is 1.80 bits per heavy atom. The number of likely N-dealkylation sites (tertiary alicyclic amines) is 1. The van der Waals surface area contributed by atoms with Gasteiger partial charge in [0.05, 0.1) is 30.7 Å². The number of fused-ring (bicyclic) bond motifs is 2. The number of nitrogens with one attached hydrogen (secondary N) is 3. The number of amides is 3. The Morgan fingerprint density at radius 1 is 1.06 bits per heavy atom. The first kappa shape index (κ1) is 34.6. The van der Waals surface area contributed by atoms with Crippen LogP contribution in [0.3, 0.4) is 0 Å². The molecule has 0 saturated carbocycles. The summed E-state index contributed by atoms with van der Waals surface area (Å²) in [6.45, 7) is 12.9. The van der Waals surface area contributed by atoms with Crippen LogP contribution in [0.15, 0.2) is 66.9 Å². The molecule has 2 aromatic carbocycles. The number of ether oxygens (including phenoxy) is 2. The summed E-state index contributed by atoms with van der Waals surface area (Å²) < 4.78 is 14.2. The van der Waals surface area contributed by atoms with Crippen molar-refractivity contribution in [1.82, 2.24) is 24.8 Å². The Labute approximate surface area is 292 Å². The number of nitrogens with zero attached hydrogens (tertiary/aromatic N) is 4. The van der Waals surface area contributed by atoms with Crippen molar-refractivity contribution in [2.45, 2.75) is 83.5 Å². The van der Waals surface area contributed by atoms with Gasteiger partial charge in [-0.05, 0) is 86.2 Å². The average molecular weight is 680 g/mol. The normalized spacial score (nSPS) is 20.4. The molecule has 3 heterocycles. The maximum absolute atomic E-state index is 13.7. The average Bonchev–Trinajstić information content (AvgIpc) is 3.72. The number of aromatic nitrogens is 3. The Hall–Kier alpha value is -5.23. The summed E-state index contributed by atoms with van der Waals surface area (Å²) in [6.07, 6.45) is 7.64. The first-order chi connectivity index (χ1) is 23.8. The Kier molecular flexibility index (Phi) is 9.41. The predicted octanol–water partition coefficient (Wildman–Crippen LogP) is 6.44. The molecular formula is C38H45N7O5. The number of urea groups is 1. The summed E-state index contributed by atoms with van der Waals surface area (Å²) in [5.74, 6) is 1.51. The first-order valence-electron chi connectivity index (χ1n) is 16.9. The van der Waals surface area contributed by atoms with Gasteiger partial charge in [0.1, 0.15) is 17.4 Å². The lowest BCUT2D eigenvalue weighted by molar-refractivity contribution is -0.114. The number of hydrogen-bond donors (Lipinski definition) is 3. The van der Waals surface area contributed by atoms with Crippen molar-refractivity contribution in [2.24, 2.45) is 0 Å². The van der Waals surface area contributed by atoms with Crippen molar-refractivity contribution >= 4 is 35.2 Å². The van der Waals surface area contributed by atoms with Crippen molar-refractivity contribution < 1.29 is 23.9 Å². The largest absolute Gasteiger partial charge is 0.492 e. The molecule has 2 aromatic heterocycles. The lowest BCUT2D eigenvalue weighted by Gasteiger charge is -2.34. The number of hydrogen-bond acceptors (Lipinski definition) is 8. The van der Waals surface area contributed by atoms with Gasteiger partial charge in [-0.3, -0.25) is 18.9 Å². The molecule has 3 N–H and O–H groups in total. The minimum absolute atomic E-state index is 0.175. The first-order valence-corrected chi connectivity index (χ1v) is 16.9. The predicted molar refractivity (Wildman–Crippen MR) is 192 cm³/mol. The second kappa shape index (κ2) is 13.6. The van der Waals surface area contributed by atoms with Crippen LogP contribution in [0.2, 0.25) is 0 Å². The van der Waals surface area contributed by atoms with Crippen LogP contribution in [0.1, 0.15) is 89.0 Å². The minimum atomic E-state index is -1.48. The summed E-state index contributed by atoms with van der Waals surface area (Å²) in [6, 6.07) is 14.7. The minimum Gasteiger partial charge on any atom is -0.492 e. The van der Waals surface area contributed by atoms with Gasteiger partial charge >= 0.3 is 6.03 Å². The molecule has 1 saturated heterocycles. The van der Waals surface area contributed by atoms with E-state index in [0.29, 0.717) is 35.0 Å². The van der Waals surface area contributed by atoms with Crippen molar-refractivity contribution in [2.75, 3.05) is 24.3 Å². The third-order valence-electron chi connectivity index (χ3n) is 9.39. The molecule has 50 heavy (non-hydrogen) atoms. The molecule has 0 bridgehead atoms. The zero-order valence-corrected chi connectivity index (χ0v) is 29.6. The molecule has 262 valence electrons. The molecular weight excluding hydrogens is 634 g/mol. The number of carbonyl (C=O) groups excluding carboxylic acids is 3. The van der Waals surface area contributed by atoms with E-state index in [1.807, 2.05) is 67.8 Å². The number of aldehydes is 1. The van der Waals surface area contributed by atoms with E-state index >= 15 is 0 Å². The van der Waals surface area contributed by atoms with Crippen LogP contribution < -0.4 is 25.4 Å². The van der Waals surface area contributed by atoms with Gasteiger partial charge in [0, 0.05) is 18.5 Å². The monoisotopic (exact) mass is 679 g/mol. The van der Waals surface area contributed by atoms with Crippen LogP contribution >= 0.6 is 0 Å². The summed E-state index contributed by atoms with van der Waals surface area (Å²) in [5.41, 5.74) is 1.90. The number of rotatable bonds is 9. The number of anilines is 2. The van der Waals surface area contributed by atoms with Crippen LogP contribution in [-0.4, -0.2) is 57.4 Å². The molecule has 3 atom stereocenters. The maximum Gasteiger partial charge on any atom is 0.320 e. The molecule has 12 heteroatoms. The van der Waals surface area contributed by atoms with Gasteiger partial charge in [0.25, 0.3) is 0 Å². The second-order valence-corrected chi connectivity index (χ2v) is 14.2. The van der Waals surface area contributed by atoms with Crippen molar-refractivity contribution in [1.29, 1.82) is 0 Å². The molecule has 0 unspecified atom stereocenters.